The van der Waals surface area contributed by atoms with Gasteiger partial charge in [0.2, 0.25) is 0 Å². The van der Waals surface area contributed by atoms with E-state index in [-0.39, 0.29) is 15.4 Å². The van der Waals surface area contributed by atoms with Crippen LogP contribution in [0.3, 0.4) is 0 Å². The van der Waals surface area contributed by atoms with Crippen molar-refractivity contribution in [2.75, 3.05) is 4.90 Å². The number of hydrogen-bond donors (Lipinski definition) is 0. The van der Waals surface area contributed by atoms with Crippen molar-refractivity contribution in [3.63, 3.8) is 0 Å². The highest BCUT2D eigenvalue weighted by atomic mass is 32.1. The number of aromatic nitrogens is 1. The number of para-hydroxylation sites is 1. The minimum Gasteiger partial charge on any atom is -0.466 e. The number of allylic oxidation sites excluding steroid dienone is 3. The zero-order valence-corrected chi connectivity index (χ0v) is 17.6. The van der Waals surface area contributed by atoms with Crippen LogP contribution in [0.15, 0.2) is 55.3 Å². The van der Waals surface area contributed by atoms with Gasteiger partial charge in [-0.2, -0.15) is 13.2 Å². The summed E-state index contributed by atoms with van der Waals surface area (Å²) < 4.78 is 46.5. The Morgan fingerprint density at radius 3 is 2.45 bits per heavy atom. The maximum Gasteiger partial charge on any atom is 0.434 e. The second-order valence-corrected chi connectivity index (χ2v) is 8.82. The normalized spacial score (nSPS) is 16.9. The fraction of sp³-hybridized carbons (Fsp3) is 0.318. The number of benzene rings is 1. The lowest BCUT2D eigenvalue weighted by molar-refractivity contribution is -0.140. The average molecular weight is 421 g/mol. The summed E-state index contributed by atoms with van der Waals surface area (Å²) in [6.07, 6.45) is 1.84. The Balaban J connectivity index is 1.98. The molecule has 0 radical (unpaired) electrons. The lowest BCUT2D eigenvalue weighted by atomic mass is 9.86. The maximum atomic E-state index is 13.4. The Morgan fingerprint density at radius 2 is 1.86 bits per heavy atom. The molecule has 154 valence electrons. The average Bonchev–Trinajstić information content (AvgIpc) is 3.08. The highest BCUT2D eigenvalue weighted by molar-refractivity contribution is 7.16. The van der Waals surface area contributed by atoms with Crippen molar-refractivity contribution in [3.05, 3.63) is 71.4 Å². The molecule has 1 aliphatic heterocycles. The molecule has 0 saturated heterocycles. The van der Waals surface area contributed by atoms with Gasteiger partial charge in [-0.1, -0.05) is 63.0 Å². The van der Waals surface area contributed by atoms with Gasteiger partial charge in [0.1, 0.15) is 5.75 Å². The molecule has 1 aromatic carbocycles. The molecule has 7 heteroatoms. The van der Waals surface area contributed by atoms with E-state index in [1.807, 2.05) is 24.3 Å². The molecular formula is C22H23F3N2OS. The second-order valence-electron chi connectivity index (χ2n) is 7.84. The van der Waals surface area contributed by atoms with Crippen molar-refractivity contribution in [2.24, 2.45) is 0 Å². The molecule has 2 aromatic rings. The quantitative estimate of drug-likeness (QED) is 0.545. The molecule has 0 aliphatic carbocycles. The number of anilines is 1. The third-order valence-electron chi connectivity index (χ3n) is 4.34. The SMILES string of the molecule is C=C(C)c1sc(N2C=CC=CC2Oc2ccccc2C(C)(C)C)nc1C(F)(F)F. The predicted octanol–water partition coefficient (Wildman–Crippen LogP) is 6.79. The lowest BCUT2D eigenvalue weighted by Crippen LogP contribution is -2.36. The Labute approximate surface area is 172 Å². The first-order chi connectivity index (χ1) is 13.5. The molecule has 1 aromatic heterocycles. The zero-order chi connectivity index (χ0) is 21.4. The smallest absolute Gasteiger partial charge is 0.434 e. The molecule has 29 heavy (non-hydrogen) atoms. The largest absolute Gasteiger partial charge is 0.466 e. The van der Waals surface area contributed by atoms with Gasteiger partial charge in [0.15, 0.2) is 17.1 Å². The van der Waals surface area contributed by atoms with Crippen LogP contribution < -0.4 is 9.64 Å². The lowest BCUT2D eigenvalue weighted by Gasteiger charge is -2.31. The van der Waals surface area contributed by atoms with Gasteiger partial charge in [-0.3, -0.25) is 4.90 Å². The summed E-state index contributed by atoms with van der Waals surface area (Å²) >= 11 is 0.955. The Bertz CT molecular complexity index is 967. The van der Waals surface area contributed by atoms with Gasteiger partial charge in [0, 0.05) is 6.20 Å². The minimum atomic E-state index is -4.55. The van der Waals surface area contributed by atoms with Gasteiger partial charge >= 0.3 is 6.18 Å². The van der Waals surface area contributed by atoms with Crippen LogP contribution >= 0.6 is 11.3 Å². The second kappa shape index (κ2) is 7.71. The molecule has 2 heterocycles. The minimum absolute atomic E-state index is 0.0318. The molecule has 0 bridgehead atoms. The summed E-state index contributed by atoms with van der Waals surface area (Å²) in [7, 11) is 0. The first kappa shape index (κ1) is 21.2. The van der Waals surface area contributed by atoms with Crippen LogP contribution in [0.25, 0.3) is 5.57 Å². The molecule has 3 rings (SSSR count). The standard InChI is InChI=1S/C22H23F3N2OS/c1-14(2)18-19(22(23,24)25)26-20(29-18)27-13-9-8-12-17(27)28-16-11-7-6-10-15(16)21(3,4)5/h6-13,17H,1H2,2-5H3. The molecule has 1 unspecified atom stereocenters. The van der Waals surface area contributed by atoms with Crippen LogP contribution in [0.1, 0.15) is 43.8 Å². The van der Waals surface area contributed by atoms with Crippen molar-refractivity contribution < 1.29 is 17.9 Å². The Hall–Kier alpha value is -2.54. The summed E-state index contributed by atoms with van der Waals surface area (Å²) in [5.41, 5.74) is 0.281. The van der Waals surface area contributed by atoms with Crippen LogP contribution in [-0.4, -0.2) is 11.2 Å². The van der Waals surface area contributed by atoms with Gasteiger partial charge in [0.05, 0.1) is 4.88 Å². The van der Waals surface area contributed by atoms with Crippen LogP contribution in [0.5, 0.6) is 5.75 Å². The summed E-state index contributed by atoms with van der Waals surface area (Å²) in [6, 6.07) is 7.68. The van der Waals surface area contributed by atoms with Crippen LogP contribution in [0.4, 0.5) is 18.3 Å². The van der Waals surface area contributed by atoms with Crippen molar-refractivity contribution in [1.82, 2.24) is 4.98 Å². The van der Waals surface area contributed by atoms with Crippen LogP contribution in [0.2, 0.25) is 0 Å². The van der Waals surface area contributed by atoms with Crippen molar-refractivity contribution >= 4 is 22.0 Å². The van der Waals surface area contributed by atoms with Gasteiger partial charge in [-0.25, -0.2) is 4.98 Å². The third kappa shape index (κ3) is 4.56. The van der Waals surface area contributed by atoms with E-state index in [1.54, 1.807) is 36.3 Å². The van der Waals surface area contributed by atoms with E-state index < -0.39 is 18.1 Å². The number of thiazole rings is 1. The molecule has 0 N–H and O–H groups in total. The molecule has 3 nitrogen and oxygen atoms in total. The zero-order valence-electron chi connectivity index (χ0n) is 16.7. The summed E-state index contributed by atoms with van der Waals surface area (Å²) in [6.45, 7) is 11.5. The van der Waals surface area contributed by atoms with E-state index in [4.69, 9.17) is 4.74 Å². The molecule has 0 saturated carbocycles. The van der Waals surface area contributed by atoms with E-state index in [1.165, 1.54) is 0 Å². The van der Waals surface area contributed by atoms with Crippen molar-refractivity contribution in [1.29, 1.82) is 0 Å². The van der Waals surface area contributed by atoms with Gasteiger partial charge in [0.25, 0.3) is 0 Å². The van der Waals surface area contributed by atoms with Crippen LogP contribution in [0, 0.1) is 0 Å². The van der Waals surface area contributed by atoms with Gasteiger partial charge < -0.3 is 4.74 Å². The summed E-state index contributed by atoms with van der Waals surface area (Å²) in [5, 5.41) is 0.203. The number of nitrogens with zero attached hydrogens (tertiary/aromatic N) is 2. The maximum absolute atomic E-state index is 13.4. The van der Waals surface area contributed by atoms with Crippen LogP contribution in [-0.2, 0) is 11.6 Å². The molecule has 0 amide bonds. The highest BCUT2D eigenvalue weighted by Gasteiger charge is 2.39. The number of halogens is 3. The number of rotatable bonds is 4. The molecule has 1 aliphatic rings. The van der Waals surface area contributed by atoms with E-state index in [9.17, 15) is 13.2 Å². The number of ether oxygens (including phenoxy) is 1. The van der Waals surface area contributed by atoms with Gasteiger partial charge in [-0.05, 0) is 41.7 Å². The van der Waals surface area contributed by atoms with Crippen molar-refractivity contribution in [3.8, 4) is 5.75 Å². The third-order valence-corrected chi connectivity index (χ3v) is 5.57. The molecule has 0 fully saturated rings. The molecule has 1 atom stereocenters. The van der Waals surface area contributed by atoms with E-state index in [0.29, 0.717) is 11.3 Å². The fourth-order valence-corrected chi connectivity index (χ4v) is 3.99. The molecular weight excluding hydrogens is 397 g/mol. The van der Waals surface area contributed by atoms with Gasteiger partial charge in [-0.15, -0.1) is 0 Å². The summed E-state index contributed by atoms with van der Waals surface area (Å²) in [5.74, 6) is 0.683. The Morgan fingerprint density at radius 1 is 1.17 bits per heavy atom. The predicted molar refractivity (Wildman–Crippen MR) is 112 cm³/mol. The molecule has 0 spiro atoms. The number of hydrogen-bond acceptors (Lipinski definition) is 4. The van der Waals surface area contributed by atoms with E-state index in [0.717, 1.165) is 16.9 Å². The monoisotopic (exact) mass is 420 g/mol. The summed E-state index contributed by atoms with van der Waals surface area (Å²) in [4.78, 5) is 5.52. The first-order valence-electron chi connectivity index (χ1n) is 9.12. The fourth-order valence-electron chi connectivity index (χ4n) is 2.97. The van der Waals surface area contributed by atoms with E-state index >= 15 is 0 Å². The number of alkyl halides is 3. The van der Waals surface area contributed by atoms with E-state index in [2.05, 4.69) is 32.3 Å². The highest BCUT2D eigenvalue weighted by Crippen LogP contribution is 2.41. The van der Waals surface area contributed by atoms with Crippen molar-refractivity contribution in [2.45, 2.75) is 45.5 Å². The first-order valence-corrected chi connectivity index (χ1v) is 9.93. The topological polar surface area (TPSA) is 25.4 Å². The Kier molecular flexibility index (Phi) is 5.63.